The zero-order chi connectivity index (χ0) is 18.4. The first-order valence-electron chi connectivity index (χ1n) is 7.38. The minimum atomic E-state index is -3.37. The Bertz CT molecular complexity index is 918. The number of nitro groups is 1. The maximum atomic E-state index is 12.1. The molecule has 0 radical (unpaired) electrons. The van der Waals surface area contributed by atoms with E-state index in [2.05, 4.69) is 4.72 Å². The molecule has 8 heteroatoms. The third-order valence-corrected chi connectivity index (χ3v) is 4.64. The van der Waals surface area contributed by atoms with Crippen molar-refractivity contribution in [1.82, 2.24) is 0 Å². The first kappa shape index (κ1) is 18.3. The van der Waals surface area contributed by atoms with Gasteiger partial charge in [0.2, 0.25) is 10.0 Å². The number of hydrogen-bond acceptors (Lipinski definition) is 5. The molecule has 0 bridgehead atoms. The SMILES string of the molecule is CCS(=O)(=O)Nc1ccc(C(=O)/C=C/c2cccc([N+](=O)[O-])c2)cc1. The molecule has 0 unspecified atom stereocenters. The molecule has 0 aromatic heterocycles. The molecule has 2 aromatic carbocycles. The average molecular weight is 360 g/mol. The summed E-state index contributed by atoms with van der Waals surface area (Å²) in [5.74, 6) is -0.337. The summed E-state index contributed by atoms with van der Waals surface area (Å²) < 4.78 is 25.4. The van der Waals surface area contributed by atoms with Crippen molar-refractivity contribution in [2.24, 2.45) is 0 Å². The minimum Gasteiger partial charge on any atom is -0.289 e. The van der Waals surface area contributed by atoms with Gasteiger partial charge in [-0.2, -0.15) is 0 Å². The van der Waals surface area contributed by atoms with Crippen LogP contribution in [0.2, 0.25) is 0 Å². The zero-order valence-electron chi connectivity index (χ0n) is 13.4. The Morgan fingerprint density at radius 1 is 1.20 bits per heavy atom. The number of nitro benzene ring substituents is 1. The van der Waals surface area contributed by atoms with E-state index in [0.29, 0.717) is 16.8 Å². The fraction of sp³-hybridized carbons (Fsp3) is 0.118. The van der Waals surface area contributed by atoms with Crippen LogP contribution in [0.3, 0.4) is 0 Å². The Hall–Kier alpha value is -3.00. The van der Waals surface area contributed by atoms with Gasteiger partial charge in [-0.3, -0.25) is 19.6 Å². The van der Waals surface area contributed by atoms with E-state index in [9.17, 15) is 23.3 Å². The van der Waals surface area contributed by atoms with E-state index < -0.39 is 14.9 Å². The average Bonchev–Trinajstić information content (AvgIpc) is 2.60. The molecule has 0 fully saturated rings. The lowest BCUT2D eigenvalue weighted by atomic mass is 10.1. The van der Waals surface area contributed by atoms with E-state index >= 15 is 0 Å². The predicted molar refractivity (Wildman–Crippen MR) is 96.0 cm³/mol. The van der Waals surface area contributed by atoms with Gasteiger partial charge < -0.3 is 0 Å². The molecule has 0 heterocycles. The monoisotopic (exact) mass is 360 g/mol. The van der Waals surface area contributed by atoms with Crippen LogP contribution in [0.25, 0.3) is 6.08 Å². The van der Waals surface area contributed by atoms with Gasteiger partial charge in [0.15, 0.2) is 5.78 Å². The number of non-ortho nitro benzene ring substituents is 1. The molecule has 0 aliphatic carbocycles. The first-order valence-corrected chi connectivity index (χ1v) is 9.03. The second kappa shape index (κ2) is 7.71. The van der Waals surface area contributed by atoms with Gasteiger partial charge in [0.1, 0.15) is 0 Å². The smallest absolute Gasteiger partial charge is 0.270 e. The second-order valence-corrected chi connectivity index (χ2v) is 7.14. The quantitative estimate of drug-likeness (QED) is 0.353. The van der Waals surface area contributed by atoms with Crippen molar-refractivity contribution in [3.63, 3.8) is 0 Å². The second-order valence-electron chi connectivity index (χ2n) is 5.13. The summed E-state index contributed by atoms with van der Waals surface area (Å²) in [6.07, 6.45) is 2.80. The highest BCUT2D eigenvalue weighted by Crippen LogP contribution is 2.16. The Balaban J connectivity index is 2.10. The van der Waals surface area contributed by atoms with Crippen molar-refractivity contribution < 1.29 is 18.1 Å². The summed E-state index contributed by atoms with van der Waals surface area (Å²) in [4.78, 5) is 22.4. The minimum absolute atomic E-state index is 0.0420. The lowest BCUT2D eigenvalue weighted by molar-refractivity contribution is -0.384. The van der Waals surface area contributed by atoms with Gasteiger partial charge in [-0.25, -0.2) is 8.42 Å². The predicted octanol–water partition coefficient (Wildman–Crippen LogP) is 3.25. The van der Waals surface area contributed by atoms with Crippen LogP contribution in [0.1, 0.15) is 22.8 Å². The standard InChI is InChI=1S/C17H16N2O5S/c1-2-25(23,24)18-15-9-7-14(8-10-15)17(20)11-6-13-4-3-5-16(12-13)19(21)22/h3-12,18H,2H2,1H3/b11-6+. The summed E-state index contributed by atoms with van der Waals surface area (Å²) in [5, 5.41) is 10.7. The number of ketones is 1. The summed E-state index contributed by atoms with van der Waals surface area (Å²) in [6, 6.07) is 11.9. The van der Waals surface area contributed by atoms with Gasteiger partial charge in [-0.15, -0.1) is 0 Å². The molecule has 25 heavy (non-hydrogen) atoms. The largest absolute Gasteiger partial charge is 0.289 e. The third kappa shape index (κ3) is 5.25. The normalized spacial score (nSPS) is 11.4. The molecule has 0 aliphatic heterocycles. The molecule has 0 spiro atoms. The molecule has 2 rings (SSSR count). The Morgan fingerprint density at radius 2 is 1.88 bits per heavy atom. The van der Waals surface area contributed by atoms with Crippen LogP contribution in [0.15, 0.2) is 54.6 Å². The van der Waals surface area contributed by atoms with E-state index in [4.69, 9.17) is 0 Å². The summed E-state index contributed by atoms with van der Waals surface area (Å²) in [5.41, 5.74) is 1.24. The number of anilines is 1. The molecule has 0 saturated carbocycles. The number of sulfonamides is 1. The molecular formula is C17H16N2O5S. The molecule has 2 aromatic rings. The number of nitrogens with one attached hydrogen (secondary N) is 1. The lowest BCUT2D eigenvalue weighted by Gasteiger charge is -2.06. The number of hydrogen-bond donors (Lipinski definition) is 1. The summed E-state index contributed by atoms with van der Waals surface area (Å²) in [6.45, 7) is 1.53. The fourth-order valence-electron chi connectivity index (χ4n) is 1.96. The number of rotatable bonds is 7. The number of allylic oxidation sites excluding steroid dienone is 1. The van der Waals surface area contributed by atoms with Crippen LogP contribution >= 0.6 is 0 Å². The molecular weight excluding hydrogens is 344 g/mol. The summed E-state index contributed by atoms with van der Waals surface area (Å²) >= 11 is 0. The highest BCUT2D eigenvalue weighted by molar-refractivity contribution is 7.92. The molecule has 0 amide bonds. The van der Waals surface area contributed by atoms with Crippen molar-refractivity contribution in [3.05, 3.63) is 75.8 Å². The summed E-state index contributed by atoms with van der Waals surface area (Å²) in [7, 11) is -3.37. The number of benzene rings is 2. The van der Waals surface area contributed by atoms with E-state index in [1.807, 2.05) is 0 Å². The van der Waals surface area contributed by atoms with Crippen LogP contribution in [-0.4, -0.2) is 24.9 Å². The Labute approximate surface area is 145 Å². The van der Waals surface area contributed by atoms with Crippen molar-refractivity contribution >= 4 is 33.3 Å². The van der Waals surface area contributed by atoms with Gasteiger partial charge in [0, 0.05) is 23.4 Å². The van der Waals surface area contributed by atoms with Crippen molar-refractivity contribution in [2.75, 3.05) is 10.5 Å². The molecule has 0 aliphatic rings. The molecule has 130 valence electrons. The lowest BCUT2D eigenvalue weighted by Crippen LogP contribution is -2.14. The van der Waals surface area contributed by atoms with Gasteiger partial charge in [0.05, 0.1) is 10.7 Å². The zero-order valence-corrected chi connectivity index (χ0v) is 14.2. The fourth-order valence-corrected chi connectivity index (χ4v) is 2.60. The van der Waals surface area contributed by atoms with E-state index in [1.165, 1.54) is 61.5 Å². The van der Waals surface area contributed by atoms with Crippen LogP contribution in [-0.2, 0) is 10.0 Å². The van der Waals surface area contributed by atoms with Crippen LogP contribution in [0, 0.1) is 10.1 Å². The molecule has 1 N–H and O–H groups in total. The van der Waals surface area contributed by atoms with Crippen molar-refractivity contribution in [1.29, 1.82) is 0 Å². The number of carbonyl (C=O) groups is 1. The van der Waals surface area contributed by atoms with Gasteiger partial charge in [-0.05, 0) is 42.8 Å². The van der Waals surface area contributed by atoms with Crippen molar-refractivity contribution in [2.45, 2.75) is 6.92 Å². The highest BCUT2D eigenvalue weighted by Gasteiger charge is 2.08. The topological polar surface area (TPSA) is 106 Å². The van der Waals surface area contributed by atoms with Gasteiger partial charge >= 0.3 is 0 Å². The maximum Gasteiger partial charge on any atom is 0.270 e. The number of nitrogens with zero attached hydrogens (tertiary/aromatic N) is 1. The van der Waals surface area contributed by atoms with E-state index in [1.54, 1.807) is 6.07 Å². The first-order chi connectivity index (χ1) is 11.8. The van der Waals surface area contributed by atoms with Gasteiger partial charge in [-0.1, -0.05) is 18.2 Å². The van der Waals surface area contributed by atoms with Crippen LogP contribution in [0.4, 0.5) is 11.4 Å². The molecule has 7 nitrogen and oxygen atoms in total. The Kier molecular flexibility index (Phi) is 5.66. The third-order valence-electron chi connectivity index (χ3n) is 3.33. The van der Waals surface area contributed by atoms with E-state index in [-0.39, 0.29) is 17.2 Å². The maximum absolute atomic E-state index is 12.1. The Morgan fingerprint density at radius 3 is 2.48 bits per heavy atom. The van der Waals surface area contributed by atoms with E-state index in [0.717, 1.165) is 0 Å². The van der Waals surface area contributed by atoms with Crippen LogP contribution in [0.5, 0.6) is 0 Å². The van der Waals surface area contributed by atoms with Gasteiger partial charge in [0.25, 0.3) is 5.69 Å². The molecule has 0 saturated heterocycles. The molecule has 0 atom stereocenters. The van der Waals surface area contributed by atoms with Crippen molar-refractivity contribution in [3.8, 4) is 0 Å². The highest BCUT2D eigenvalue weighted by atomic mass is 32.2. The van der Waals surface area contributed by atoms with Crippen LogP contribution < -0.4 is 4.72 Å². The number of carbonyl (C=O) groups excluding carboxylic acids is 1.